The molecule has 0 fully saturated rings. The van der Waals surface area contributed by atoms with Crippen LogP contribution >= 0.6 is 0 Å². The molecule has 0 atom stereocenters. The highest BCUT2D eigenvalue weighted by atomic mass is 16.5. The van der Waals surface area contributed by atoms with Gasteiger partial charge in [-0.05, 0) is 35.5 Å². The van der Waals surface area contributed by atoms with E-state index in [0.29, 0.717) is 6.54 Å². The van der Waals surface area contributed by atoms with Crippen LogP contribution < -0.4 is 21.1 Å². The molecule has 5 nitrogen and oxygen atoms in total. The van der Waals surface area contributed by atoms with Crippen molar-refractivity contribution in [3.8, 4) is 5.75 Å². The second-order valence-electron chi connectivity index (χ2n) is 5.16. The average Bonchev–Trinajstić information content (AvgIpc) is 2.64. The van der Waals surface area contributed by atoms with E-state index < -0.39 is 0 Å². The summed E-state index contributed by atoms with van der Waals surface area (Å²) in [5.74, 6) is 1.63. The van der Waals surface area contributed by atoms with Crippen LogP contribution in [0.2, 0.25) is 0 Å². The maximum absolute atomic E-state index is 5.91. The Bertz CT molecular complexity index is 724. The van der Waals surface area contributed by atoms with Gasteiger partial charge in [0.05, 0.1) is 7.11 Å². The minimum absolute atomic E-state index is 0.432. The van der Waals surface area contributed by atoms with Crippen molar-refractivity contribution in [3.05, 3.63) is 71.3 Å². The summed E-state index contributed by atoms with van der Waals surface area (Å²) in [6.45, 7) is 1.24. The van der Waals surface area contributed by atoms with Gasteiger partial charge in [0.1, 0.15) is 11.6 Å². The van der Waals surface area contributed by atoms with E-state index in [1.54, 1.807) is 7.11 Å². The minimum atomic E-state index is 0.432. The third-order valence-electron chi connectivity index (χ3n) is 3.78. The Balaban J connectivity index is 1.81. The molecule has 23 heavy (non-hydrogen) atoms. The zero-order valence-electron chi connectivity index (χ0n) is 13.0. The van der Waals surface area contributed by atoms with Crippen LogP contribution in [0.1, 0.15) is 5.56 Å². The van der Waals surface area contributed by atoms with Gasteiger partial charge in [0.25, 0.3) is 0 Å². The van der Waals surface area contributed by atoms with Crippen LogP contribution in [0.4, 0.5) is 0 Å². The average molecular weight is 308 g/mol. The number of nitrogens with one attached hydrogen (secondary N) is 2. The number of dihydropyridines is 1. The molecule has 2 aliphatic rings. The summed E-state index contributed by atoms with van der Waals surface area (Å²) in [6.07, 6.45) is 9.85. The van der Waals surface area contributed by atoms with Crippen molar-refractivity contribution >= 4 is 11.8 Å². The van der Waals surface area contributed by atoms with Gasteiger partial charge >= 0.3 is 0 Å². The van der Waals surface area contributed by atoms with Gasteiger partial charge in [-0.15, -0.1) is 0 Å². The van der Waals surface area contributed by atoms with Crippen molar-refractivity contribution in [1.82, 2.24) is 10.6 Å². The third-order valence-corrected chi connectivity index (χ3v) is 3.78. The predicted molar refractivity (Wildman–Crippen MR) is 93.9 cm³/mol. The minimum Gasteiger partial charge on any atom is -0.497 e. The first-order valence-electron chi connectivity index (χ1n) is 7.50. The second kappa shape index (κ2) is 6.98. The number of hydrogen-bond acceptors (Lipinski definition) is 5. The van der Waals surface area contributed by atoms with E-state index in [0.717, 1.165) is 40.4 Å². The van der Waals surface area contributed by atoms with Crippen LogP contribution in [0.3, 0.4) is 0 Å². The SMILES string of the molecule is COc1ccc(C2=CN/C(=C(\CN)C3=CCNC=C3)N=C2)cc1. The maximum atomic E-state index is 5.91. The van der Waals surface area contributed by atoms with Gasteiger partial charge in [-0.3, -0.25) is 0 Å². The number of benzene rings is 1. The molecule has 1 aromatic carbocycles. The lowest BCUT2D eigenvalue weighted by molar-refractivity contribution is 0.415. The van der Waals surface area contributed by atoms with Crippen LogP contribution in [-0.4, -0.2) is 26.4 Å². The van der Waals surface area contributed by atoms with E-state index in [4.69, 9.17) is 10.5 Å². The number of rotatable bonds is 4. The van der Waals surface area contributed by atoms with E-state index >= 15 is 0 Å². The van der Waals surface area contributed by atoms with Gasteiger partial charge in [-0.25, -0.2) is 4.99 Å². The largest absolute Gasteiger partial charge is 0.497 e. The lowest BCUT2D eigenvalue weighted by Gasteiger charge is -2.17. The van der Waals surface area contributed by atoms with Crippen molar-refractivity contribution in [2.24, 2.45) is 10.7 Å². The predicted octanol–water partition coefficient (Wildman–Crippen LogP) is 1.92. The molecular weight excluding hydrogens is 288 g/mol. The van der Waals surface area contributed by atoms with Crippen molar-refractivity contribution in [2.45, 2.75) is 0 Å². The van der Waals surface area contributed by atoms with Crippen molar-refractivity contribution in [2.75, 3.05) is 20.2 Å². The molecule has 0 saturated carbocycles. The molecule has 2 heterocycles. The summed E-state index contributed by atoms with van der Waals surface area (Å²) in [5.41, 5.74) is 10.1. The summed E-state index contributed by atoms with van der Waals surface area (Å²) < 4.78 is 5.18. The molecule has 118 valence electrons. The molecular formula is C18H20N4O. The molecule has 0 aromatic heterocycles. The smallest absolute Gasteiger partial charge is 0.134 e. The molecule has 4 N–H and O–H groups in total. The molecule has 3 rings (SSSR count). The molecule has 2 aliphatic heterocycles. The Morgan fingerprint density at radius 2 is 2.13 bits per heavy atom. The topological polar surface area (TPSA) is 71.7 Å². The van der Waals surface area contributed by atoms with Crippen LogP contribution in [0.15, 0.2) is 70.8 Å². The molecule has 0 radical (unpaired) electrons. The molecule has 0 aliphatic carbocycles. The van der Waals surface area contributed by atoms with Gasteiger partial charge < -0.3 is 21.1 Å². The highest BCUT2D eigenvalue weighted by molar-refractivity contribution is 6.10. The molecule has 0 amide bonds. The Labute approximate surface area is 135 Å². The molecule has 0 bridgehead atoms. The number of nitrogens with two attached hydrogens (primary N) is 1. The quantitative estimate of drug-likeness (QED) is 0.795. The van der Waals surface area contributed by atoms with Crippen LogP contribution in [-0.2, 0) is 0 Å². The fourth-order valence-electron chi connectivity index (χ4n) is 2.49. The Morgan fingerprint density at radius 3 is 2.70 bits per heavy atom. The van der Waals surface area contributed by atoms with Crippen molar-refractivity contribution < 1.29 is 4.74 Å². The van der Waals surface area contributed by atoms with E-state index in [-0.39, 0.29) is 0 Å². The van der Waals surface area contributed by atoms with E-state index in [1.165, 1.54) is 0 Å². The monoisotopic (exact) mass is 308 g/mol. The third kappa shape index (κ3) is 3.35. The Kier molecular flexibility index (Phi) is 4.59. The number of nitrogens with zero attached hydrogens (tertiary/aromatic N) is 1. The first kappa shape index (κ1) is 15.1. The fraction of sp³-hybridized carbons (Fsp3) is 0.167. The summed E-state index contributed by atoms with van der Waals surface area (Å²) >= 11 is 0. The number of allylic oxidation sites excluding steroid dienone is 2. The standard InChI is InChI=1S/C18H20N4O/c1-23-16-4-2-13(3-5-16)15-11-21-18(22-12-15)17(10-19)14-6-8-20-9-7-14/h2-8,11-12,20-21H,9-10,19H2,1H3/b18-17-. The number of hydrogen-bond donors (Lipinski definition) is 3. The highest BCUT2D eigenvalue weighted by Crippen LogP contribution is 2.22. The summed E-state index contributed by atoms with van der Waals surface area (Å²) in [6, 6.07) is 7.89. The van der Waals surface area contributed by atoms with E-state index in [1.807, 2.05) is 49.0 Å². The molecule has 0 spiro atoms. The number of aliphatic imine (C=N–C) groups is 1. The molecule has 1 aromatic rings. The van der Waals surface area contributed by atoms with E-state index in [9.17, 15) is 0 Å². The normalized spacial score (nSPS) is 18.5. The van der Waals surface area contributed by atoms with Gasteiger partial charge in [-0.1, -0.05) is 18.2 Å². The molecule has 0 saturated heterocycles. The summed E-state index contributed by atoms with van der Waals surface area (Å²) in [5, 5.41) is 6.39. The zero-order valence-corrected chi connectivity index (χ0v) is 13.0. The Hall–Kier alpha value is -2.79. The van der Waals surface area contributed by atoms with Crippen molar-refractivity contribution in [1.29, 1.82) is 0 Å². The molecule has 5 heteroatoms. The lowest BCUT2D eigenvalue weighted by Crippen LogP contribution is -2.19. The second-order valence-corrected chi connectivity index (χ2v) is 5.16. The first-order chi connectivity index (χ1) is 11.3. The maximum Gasteiger partial charge on any atom is 0.134 e. The van der Waals surface area contributed by atoms with Crippen LogP contribution in [0, 0.1) is 0 Å². The van der Waals surface area contributed by atoms with Crippen LogP contribution in [0.5, 0.6) is 5.75 Å². The first-order valence-corrected chi connectivity index (χ1v) is 7.50. The zero-order chi connectivity index (χ0) is 16.1. The Morgan fingerprint density at radius 1 is 1.30 bits per heavy atom. The number of ether oxygens (including phenoxy) is 1. The van der Waals surface area contributed by atoms with Gasteiger partial charge in [0, 0.05) is 36.7 Å². The van der Waals surface area contributed by atoms with Gasteiger partial charge in [-0.2, -0.15) is 0 Å². The van der Waals surface area contributed by atoms with Crippen LogP contribution in [0.25, 0.3) is 5.57 Å². The molecule has 0 unspecified atom stereocenters. The highest BCUT2D eigenvalue weighted by Gasteiger charge is 2.12. The van der Waals surface area contributed by atoms with Gasteiger partial charge in [0.15, 0.2) is 0 Å². The fourth-order valence-corrected chi connectivity index (χ4v) is 2.49. The lowest BCUT2D eigenvalue weighted by atomic mass is 10.0. The van der Waals surface area contributed by atoms with Gasteiger partial charge in [0.2, 0.25) is 0 Å². The summed E-state index contributed by atoms with van der Waals surface area (Å²) in [4.78, 5) is 4.55. The van der Waals surface area contributed by atoms with Crippen molar-refractivity contribution in [3.63, 3.8) is 0 Å². The van der Waals surface area contributed by atoms with E-state index in [2.05, 4.69) is 21.7 Å². The summed E-state index contributed by atoms with van der Waals surface area (Å²) in [7, 11) is 1.66. The number of methoxy groups -OCH3 is 1.